The van der Waals surface area contributed by atoms with Gasteiger partial charge in [0.2, 0.25) is 0 Å². The minimum atomic E-state index is -0.0367. The van der Waals surface area contributed by atoms with E-state index in [1.165, 1.54) is 191 Å². The molecule has 9 aromatic carbocycles. The van der Waals surface area contributed by atoms with Crippen molar-refractivity contribution in [1.82, 2.24) is 4.57 Å². The van der Waals surface area contributed by atoms with Crippen LogP contribution in [0.1, 0.15) is 88.2 Å². The monoisotopic (exact) mass is 968 g/mol. The highest BCUT2D eigenvalue weighted by Crippen LogP contribution is 2.63. The molecule has 21 rings (SSSR count). The summed E-state index contributed by atoms with van der Waals surface area (Å²) in [6.07, 6.45) is 17.1. The Labute approximate surface area is 437 Å². The fraction of sp³-hybridized carbons (Fsp3) is 0.286. The standard InChI is InChI=1S/C70H57BN2S/c1-2-8-46(9-3-1)47-14-17-53(18-15-47)73-67-55(19-20-56-58-28-48-10-4-5-11-49(48)30-63(58)74-68(56)67)59-29-50-12-6-7-13-54(50)66-64(59)71(73)61-33-52(70-37-43-25-44(38-70)27-45(26-43)39-70)32-60-57-31-51(16-21-62(57)72(66)65(60)61)69-34-40-22-41(35-69)24-42(23-40)36-69/h1-21,28-33,40-45H,22-27,34-39H2. The smallest absolute Gasteiger partial charge is 0.333 e. The van der Waals surface area contributed by atoms with E-state index in [0.29, 0.717) is 5.41 Å². The molecule has 0 unspecified atom stereocenters. The molecule has 2 aliphatic heterocycles. The lowest BCUT2D eigenvalue weighted by Gasteiger charge is -2.57. The number of rotatable bonds is 4. The van der Waals surface area contributed by atoms with E-state index >= 15 is 0 Å². The molecular weight excluding hydrogens is 912 g/mol. The maximum absolute atomic E-state index is 2.86. The molecule has 0 atom stereocenters. The molecule has 8 bridgehead atoms. The quantitative estimate of drug-likeness (QED) is 0.160. The molecule has 0 N–H and O–H groups in total. The first-order chi connectivity index (χ1) is 36.5. The largest absolute Gasteiger partial charge is 0.375 e. The molecule has 0 spiro atoms. The molecule has 2 nitrogen and oxygen atoms in total. The number of benzene rings is 9. The molecule has 8 aliphatic carbocycles. The number of aromatic nitrogens is 1. The first kappa shape index (κ1) is 40.7. The maximum Gasteiger partial charge on any atom is 0.333 e. The van der Waals surface area contributed by atoms with Gasteiger partial charge in [0, 0.05) is 42.9 Å². The van der Waals surface area contributed by atoms with Crippen LogP contribution in [0.5, 0.6) is 0 Å². The van der Waals surface area contributed by atoms with E-state index in [9.17, 15) is 0 Å². The molecule has 356 valence electrons. The predicted molar refractivity (Wildman–Crippen MR) is 313 cm³/mol. The molecule has 0 radical (unpaired) electrons. The van der Waals surface area contributed by atoms with Crippen molar-refractivity contribution < 1.29 is 0 Å². The van der Waals surface area contributed by atoms with Crippen molar-refractivity contribution in [3.05, 3.63) is 175 Å². The second-order valence-electron chi connectivity index (χ2n) is 25.7. The van der Waals surface area contributed by atoms with E-state index in [1.54, 1.807) is 11.1 Å². The van der Waals surface area contributed by atoms with Crippen LogP contribution in [0.3, 0.4) is 0 Å². The van der Waals surface area contributed by atoms with Crippen molar-refractivity contribution in [2.45, 2.75) is 87.9 Å². The Kier molecular flexibility index (Phi) is 7.81. The molecule has 8 saturated carbocycles. The summed E-state index contributed by atoms with van der Waals surface area (Å²) in [5.74, 6) is 5.35. The third kappa shape index (κ3) is 5.34. The zero-order valence-corrected chi connectivity index (χ0v) is 42.7. The molecule has 2 aromatic heterocycles. The molecular formula is C70H57BN2S. The van der Waals surface area contributed by atoms with Crippen LogP contribution in [0.25, 0.3) is 91.5 Å². The fourth-order valence-electron chi connectivity index (χ4n) is 19.5. The maximum atomic E-state index is 2.86. The van der Waals surface area contributed by atoms with Crippen LogP contribution in [0.4, 0.5) is 11.4 Å². The zero-order chi connectivity index (χ0) is 47.8. The van der Waals surface area contributed by atoms with E-state index < -0.39 is 0 Å². The van der Waals surface area contributed by atoms with Crippen molar-refractivity contribution in [1.29, 1.82) is 0 Å². The Balaban J connectivity index is 0.947. The highest BCUT2D eigenvalue weighted by atomic mass is 32.1. The summed E-state index contributed by atoms with van der Waals surface area (Å²) in [7, 11) is 0. The Morgan fingerprint density at radius 1 is 0.432 bits per heavy atom. The third-order valence-electron chi connectivity index (χ3n) is 21.6. The van der Waals surface area contributed by atoms with Gasteiger partial charge in [0.05, 0.1) is 27.1 Å². The molecule has 74 heavy (non-hydrogen) atoms. The van der Waals surface area contributed by atoms with Crippen molar-refractivity contribution in [2.75, 3.05) is 4.81 Å². The van der Waals surface area contributed by atoms with Gasteiger partial charge in [0.25, 0.3) is 0 Å². The first-order valence-electron chi connectivity index (χ1n) is 28.5. The van der Waals surface area contributed by atoms with Gasteiger partial charge in [-0.05, 0) is 227 Å². The summed E-state index contributed by atoms with van der Waals surface area (Å²) in [5, 5.41) is 11.0. The number of nitrogens with zero attached hydrogens (tertiary/aromatic N) is 2. The van der Waals surface area contributed by atoms with Crippen LogP contribution in [-0.2, 0) is 10.8 Å². The number of hydrogen-bond acceptors (Lipinski definition) is 2. The fourth-order valence-corrected chi connectivity index (χ4v) is 20.8. The number of thiophene rings is 1. The molecule has 0 saturated heterocycles. The van der Waals surface area contributed by atoms with Crippen LogP contribution < -0.4 is 15.7 Å². The summed E-state index contributed by atoms with van der Waals surface area (Å²) in [5.41, 5.74) is 19.0. The third-order valence-corrected chi connectivity index (χ3v) is 22.7. The van der Waals surface area contributed by atoms with Gasteiger partial charge in [-0.1, -0.05) is 115 Å². The minimum Gasteiger partial charge on any atom is -0.375 e. The number of hydrogen-bond donors (Lipinski definition) is 0. The Bertz CT molecular complexity index is 4220. The van der Waals surface area contributed by atoms with Crippen molar-refractivity contribution in [3.63, 3.8) is 0 Å². The van der Waals surface area contributed by atoms with Gasteiger partial charge >= 0.3 is 6.85 Å². The van der Waals surface area contributed by atoms with Crippen LogP contribution in [0, 0.1) is 35.5 Å². The van der Waals surface area contributed by atoms with Gasteiger partial charge in [-0.2, -0.15) is 0 Å². The number of anilines is 2. The summed E-state index contributed by atoms with van der Waals surface area (Å²) >= 11 is 2.00. The van der Waals surface area contributed by atoms with Gasteiger partial charge in [-0.15, -0.1) is 11.3 Å². The lowest BCUT2D eigenvalue weighted by Crippen LogP contribution is -2.61. The van der Waals surface area contributed by atoms with Crippen molar-refractivity contribution in [3.8, 4) is 27.9 Å². The highest BCUT2D eigenvalue weighted by Gasteiger charge is 2.54. The predicted octanol–water partition coefficient (Wildman–Crippen LogP) is 17.3. The molecule has 4 heteroatoms. The molecule has 4 heterocycles. The van der Waals surface area contributed by atoms with Crippen LogP contribution in [-0.4, -0.2) is 11.4 Å². The van der Waals surface area contributed by atoms with Crippen molar-refractivity contribution >= 4 is 104 Å². The minimum absolute atomic E-state index is 0.0367. The van der Waals surface area contributed by atoms with Crippen LogP contribution >= 0.6 is 11.3 Å². The number of fused-ring (bicyclic) bond motifs is 14. The van der Waals surface area contributed by atoms with E-state index in [4.69, 9.17) is 0 Å². The first-order valence-corrected chi connectivity index (χ1v) is 29.3. The van der Waals surface area contributed by atoms with Crippen LogP contribution in [0.2, 0.25) is 0 Å². The van der Waals surface area contributed by atoms with Gasteiger partial charge in [0.15, 0.2) is 0 Å². The van der Waals surface area contributed by atoms with Gasteiger partial charge < -0.3 is 9.38 Å². The average Bonchev–Trinajstić information content (AvgIpc) is 3.97. The average molecular weight is 969 g/mol. The molecule has 10 aliphatic rings. The van der Waals surface area contributed by atoms with Crippen molar-refractivity contribution in [2.24, 2.45) is 35.5 Å². The normalized spacial score (nSPS) is 27.7. The lowest BCUT2D eigenvalue weighted by atomic mass is 9.42. The summed E-state index contributed by atoms with van der Waals surface area (Å²) in [6.45, 7) is -0.0367. The van der Waals surface area contributed by atoms with E-state index in [1.807, 2.05) is 11.3 Å². The van der Waals surface area contributed by atoms with Gasteiger partial charge in [-0.25, -0.2) is 0 Å². The summed E-state index contributed by atoms with van der Waals surface area (Å²) < 4.78 is 5.57. The molecule has 11 aromatic rings. The summed E-state index contributed by atoms with van der Waals surface area (Å²) in [6, 6.07) is 65.2. The second kappa shape index (κ2) is 14.2. The highest BCUT2D eigenvalue weighted by molar-refractivity contribution is 7.26. The van der Waals surface area contributed by atoms with E-state index in [0.717, 1.165) is 35.5 Å². The van der Waals surface area contributed by atoms with Gasteiger partial charge in [0.1, 0.15) is 0 Å². The Hall–Kier alpha value is -6.62. The molecule has 0 amide bonds. The van der Waals surface area contributed by atoms with E-state index in [2.05, 4.69) is 173 Å². The summed E-state index contributed by atoms with van der Waals surface area (Å²) in [4.78, 5) is 2.86. The Morgan fingerprint density at radius 3 is 1.74 bits per heavy atom. The topological polar surface area (TPSA) is 8.17 Å². The second-order valence-corrected chi connectivity index (χ2v) is 26.7. The van der Waals surface area contributed by atoms with E-state index in [-0.39, 0.29) is 12.3 Å². The lowest BCUT2D eigenvalue weighted by molar-refractivity contribution is -0.00526. The zero-order valence-electron chi connectivity index (χ0n) is 41.9. The molecule has 8 fully saturated rings. The SMILES string of the molecule is c1ccc(-c2ccc(N3B4c5c(cc6ccccc6c5-n5c6ccc(C78CC9CC(CC(C9)C7)C8)cc6c6cc(C78CC9CC(CC(C9)C7)C8)cc4c65)-c4ccc5c(sc6cc7ccccc7cc65)c43)cc2)cc1. The van der Waals surface area contributed by atoms with Crippen LogP contribution in [0.15, 0.2) is 164 Å². The Morgan fingerprint density at radius 2 is 1.04 bits per heavy atom. The van der Waals surface area contributed by atoms with Gasteiger partial charge in [-0.3, -0.25) is 0 Å².